The molecule has 2 N–H and O–H groups in total. The highest BCUT2D eigenvalue weighted by Gasteiger charge is 2.24. The lowest BCUT2D eigenvalue weighted by Gasteiger charge is -2.26. The maximum atomic E-state index is 12.2. The summed E-state index contributed by atoms with van der Waals surface area (Å²) < 4.78 is 26.1. The Labute approximate surface area is 156 Å². The van der Waals surface area contributed by atoms with Crippen LogP contribution in [0.5, 0.6) is 0 Å². The lowest BCUT2D eigenvalue weighted by Crippen LogP contribution is -2.42. The molecule has 154 valence electrons. The first kappa shape index (κ1) is 24.6. The number of nitrogens with two attached hydrogens (primary N) is 1. The van der Waals surface area contributed by atoms with Crippen LogP contribution < -0.4 is 5.73 Å². The fraction of sp³-hybridized carbons (Fsp3) is 0.882. The number of hydrogen-bond donors (Lipinski definition) is 1. The predicted molar refractivity (Wildman–Crippen MR) is 96.0 cm³/mol. The van der Waals surface area contributed by atoms with Crippen molar-refractivity contribution in [3.63, 3.8) is 0 Å². The Bertz CT molecular complexity index is 386. The molecule has 0 rings (SSSR count). The van der Waals surface area contributed by atoms with Gasteiger partial charge in [-0.25, -0.2) is 4.79 Å². The maximum absolute atomic E-state index is 12.2. The Hall–Kier alpha value is -1.42. The van der Waals surface area contributed by atoms with Crippen molar-refractivity contribution in [1.82, 2.24) is 4.90 Å². The quantitative estimate of drug-likeness (QED) is 0.349. The Balaban J connectivity index is 4.07. The molecular weight excluding hydrogens is 344 g/mol. The summed E-state index contributed by atoms with van der Waals surface area (Å²) in [5, 5.41) is 0. The third-order valence-electron chi connectivity index (χ3n) is 2.79. The second-order valence-corrected chi connectivity index (χ2v) is 6.33. The van der Waals surface area contributed by atoms with Crippen LogP contribution in [0.3, 0.4) is 0 Å². The number of rotatable bonds is 14. The molecule has 0 heterocycles. The van der Waals surface area contributed by atoms with Crippen LogP contribution >= 0.6 is 0 Å². The Morgan fingerprint density at radius 2 is 1.46 bits per heavy atom. The average molecular weight is 378 g/mol. The minimum Gasteiger partial charge on any atom is -0.465 e. The van der Waals surface area contributed by atoms with Crippen molar-refractivity contribution in [2.75, 3.05) is 65.9 Å². The standard InChI is InChI=1S/C17H34N2O7/c1-5-25-15(20)14-19(16(21)26-17(2,3)4)7-9-23-11-13-24-12-10-22-8-6-18/h5-14,18H2,1-4H3. The summed E-state index contributed by atoms with van der Waals surface area (Å²) in [5.74, 6) is -0.487. The highest BCUT2D eigenvalue weighted by atomic mass is 16.6. The molecule has 9 heteroatoms. The zero-order valence-electron chi connectivity index (χ0n) is 16.5. The first-order chi connectivity index (χ1) is 12.3. The minimum absolute atomic E-state index is 0.179. The van der Waals surface area contributed by atoms with Crippen LogP contribution in [-0.2, 0) is 28.5 Å². The van der Waals surface area contributed by atoms with Crippen LogP contribution in [0.15, 0.2) is 0 Å². The van der Waals surface area contributed by atoms with Crippen LogP contribution in [0.2, 0.25) is 0 Å². The van der Waals surface area contributed by atoms with E-state index in [-0.39, 0.29) is 26.3 Å². The SMILES string of the molecule is CCOC(=O)CN(CCOCCOCCOCCN)C(=O)OC(C)(C)C. The van der Waals surface area contributed by atoms with Crippen molar-refractivity contribution in [2.24, 2.45) is 5.73 Å². The lowest BCUT2D eigenvalue weighted by atomic mass is 10.2. The van der Waals surface area contributed by atoms with Crippen molar-refractivity contribution in [2.45, 2.75) is 33.3 Å². The van der Waals surface area contributed by atoms with Gasteiger partial charge >= 0.3 is 12.1 Å². The summed E-state index contributed by atoms with van der Waals surface area (Å²) in [4.78, 5) is 25.1. The lowest BCUT2D eigenvalue weighted by molar-refractivity contribution is -0.144. The molecule has 0 unspecified atom stereocenters. The second kappa shape index (κ2) is 14.7. The summed E-state index contributed by atoms with van der Waals surface area (Å²) in [7, 11) is 0. The molecule has 0 aliphatic heterocycles. The van der Waals surface area contributed by atoms with Crippen molar-refractivity contribution in [3.05, 3.63) is 0 Å². The number of nitrogens with zero attached hydrogens (tertiary/aromatic N) is 1. The highest BCUT2D eigenvalue weighted by Crippen LogP contribution is 2.10. The molecule has 0 fully saturated rings. The van der Waals surface area contributed by atoms with E-state index in [0.29, 0.717) is 39.6 Å². The summed E-state index contributed by atoms with van der Waals surface area (Å²) in [6, 6.07) is 0. The van der Waals surface area contributed by atoms with E-state index in [9.17, 15) is 9.59 Å². The monoisotopic (exact) mass is 378 g/mol. The summed E-state index contributed by atoms with van der Waals surface area (Å²) in [6.45, 7) is 10.3. The number of ether oxygens (including phenoxy) is 5. The van der Waals surface area contributed by atoms with Gasteiger partial charge in [-0.2, -0.15) is 0 Å². The van der Waals surface area contributed by atoms with E-state index in [0.717, 1.165) is 0 Å². The van der Waals surface area contributed by atoms with Gasteiger partial charge in [0.25, 0.3) is 0 Å². The minimum atomic E-state index is -0.648. The summed E-state index contributed by atoms with van der Waals surface area (Å²) in [6.07, 6.45) is -0.581. The number of amides is 1. The largest absolute Gasteiger partial charge is 0.465 e. The van der Waals surface area contributed by atoms with E-state index in [1.165, 1.54) is 4.90 Å². The van der Waals surface area contributed by atoms with Gasteiger partial charge < -0.3 is 29.4 Å². The number of carbonyl (C=O) groups is 2. The second-order valence-electron chi connectivity index (χ2n) is 6.33. The molecule has 0 saturated carbocycles. The van der Waals surface area contributed by atoms with Gasteiger partial charge in [0, 0.05) is 13.1 Å². The first-order valence-corrected chi connectivity index (χ1v) is 8.87. The van der Waals surface area contributed by atoms with Crippen LogP contribution in [-0.4, -0.2) is 88.4 Å². The molecule has 0 spiro atoms. The fourth-order valence-corrected chi connectivity index (χ4v) is 1.72. The Morgan fingerprint density at radius 3 is 1.96 bits per heavy atom. The molecule has 0 aliphatic rings. The van der Waals surface area contributed by atoms with Gasteiger partial charge in [-0.05, 0) is 27.7 Å². The third kappa shape index (κ3) is 14.9. The van der Waals surface area contributed by atoms with E-state index < -0.39 is 17.7 Å². The van der Waals surface area contributed by atoms with Crippen LogP contribution in [0, 0.1) is 0 Å². The normalized spacial score (nSPS) is 11.3. The molecule has 0 aromatic rings. The molecule has 0 radical (unpaired) electrons. The molecule has 0 bridgehead atoms. The molecular formula is C17H34N2O7. The van der Waals surface area contributed by atoms with Crippen LogP contribution in [0.25, 0.3) is 0 Å². The Kier molecular flexibility index (Phi) is 13.9. The van der Waals surface area contributed by atoms with Gasteiger partial charge in [-0.3, -0.25) is 9.69 Å². The van der Waals surface area contributed by atoms with Crippen molar-refractivity contribution >= 4 is 12.1 Å². The summed E-state index contributed by atoms with van der Waals surface area (Å²) >= 11 is 0. The van der Waals surface area contributed by atoms with Gasteiger partial charge in [-0.1, -0.05) is 0 Å². The van der Waals surface area contributed by atoms with Gasteiger partial charge in [0.2, 0.25) is 0 Å². The average Bonchev–Trinajstić information content (AvgIpc) is 2.54. The number of carbonyl (C=O) groups excluding carboxylic acids is 2. The third-order valence-corrected chi connectivity index (χ3v) is 2.79. The zero-order chi connectivity index (χ0) is 19.8. The number of esters is 1. The topological polar surface area (TPSA) is 110 Å². The van der Waals surface area contributed by atoms with Gasteiger partial charge in [0.1, 0.15) is 12.1 Å². The van der Waals surface area contributed by atoms with E-state index in [2.05, 4.69) is 0 Å². The van der Waals surface area contributed by atoms with Gasteiger partial charge in [0.05, 0.1) is 46.2 Å². The molecule has 0 saturated heterocycles. The van der Waals surface area contributed by atoms with Crippen molar-refractivity contribution < 1.29 is 33.3 Å². The first-order valence-electron chi connectivity index (χ1n) is 8.87. The number of hydrogen-bond acceptors (Lipinski definition) is 8. The van der Waals surface area contributed by atoms with E-state index >= 15 is 0 Å². The van der Waals surface area contributed by atoms with E-state index in [1.54, 1.807) is 27.7 Å². The van der Waals surface area contributed by atoms with E-state index in [4.69, 9.17) is 29.4 Å². The molecule has 9 nitrogen and oxygen atoms in total. The van der Waals surface area contributed by atoms with Gasteiger partial charge in [-0.15, -0.1) is 0 Å². The van der Waals surface area contributed by atoms with Crippen LogP contribution in [0.1, 0.15) is 27.7 Å². The molecule has 1 amide bonds. The maximum Gasteiger partial charge on any atom is 0.410 e. The molecule has 26 heavy (non-hydrogen) atoms. The fourth-order valence-electron chi connectivity index (χ4n) is 1.72. The highest BCUT2D eigenvalue weighted by molar-refractivity contribution is 5.78. The molecule has 0 atom stereocenters. The van der Waals surface area contributed by atoms with Crippen molar-refractivity contribution in [1.29, 1.82) is 0 Å². The van der Waals surface area contributed by atoms with Gasteiger partial charge in [0.15, 0.2) is 0 Å². The molecule has 0 aromatic heterocycles. The zero-order valence-corrected chi connectivity index (χ0v) is 16.5. The molecule has 0 aromatic carbocycles. The van der Waals surface area contributed by atoms with E-state index in [1.807, 2.05) is 0 Å². The molecule has 0 aliphatic carbocycles. The smallest absolute Gasteiger partial charge is 0.410 e. The summed E-state index contributed by atoms with van der Waals surface area (Å²) in [5.41, 5.74) is 4.65. The predicted octanol–water partition coefficient (Wildman–Crippen LogP) is 0.795. The van der Waals surface area contributed by atoms with Crippen LogP contribution in [0.4, 0.5) is 4.79 Å². The Morgan fingerprint density at radius 1 is 0.923 bits per heavy atom. The van der Waals surface area contributed by atoms with Crippen molar-refractivity contribution in [3.8, 4) is 0 Å².